The molecule has 0 aliphatic carbocycles. The van der Waals surface area contributed by atoms with Crippen molar-refractivity contribution in [3.8, 4) is 0 Å². The number of amides is 1. The highest BCUT2D eigenvalue weighted by Crippen LogP contribution is 2.16. The van der Waals surface area contributed by atoms with Crippen LogP contribution in [0.3, 0.4) is 0 Å². The Morgan fingerprint density at radius 1 is 1.30 bits per heavy atom. The standard InChI is InChI=1S/C18H27FN2O2/c1-13-9-14(11-15(19)10-13)12-20-16-5-7-21(8-6-16)17(22)23-18(2,3)4/h9-11,16,20H,5-8,12H2,1-4H3. The molecule has 1 aliphatic rings. The lowest BCUT2D eigenvalue weighted by atomic mass is 10.0. The molecule has 0 unspecified atom stereocenters. The van der Waals surface area contributed by atoms with Gasteiger partial charge in [-0.05, 0) is 63.8 Å². The second-order valence-electron chi connectivity index (χ2n) is 7.26. The minimum absolute atomic E-state index is 0.193. The van der Waals surface area contributed by atoms with Crippen molar-refractivity contribution in [1.29, 1.82) is 0 Å². The topological polar surface area (TPSA) is 41.6 Å². The molecule has 1 aromatic carbocycles. The van der Waals surface area contributed by atoms with Crippen LogP contribution < -0.4 is 5.32 Å². The van der Waals surface area contributed by atoms with Crippen molar-refractivity contribution >= 4 is 6.09 Å². The van der Waals surface area contributed by atoms with E-state index in [4.69, 9.17) is 4.74 Å². The largest absolute Gasteiger partial charge is 0.444 e. The van der Waals surface area contributed by atoms with Gasteiger partial charge in [0.2, 0.25) is 0 Å². The van der Waals surface area contributed by atoms with Gasteiger partial charge in [0.1, 0.15) is 11.4 Å². The van der Waals surface area contributed by atoms with Gasteiger partial charge in [-0.1, -0.05) is 6.07 Å². The molecule has 0 atom stereocenters. The van der Waals surface area contributed by atoms with Crippen LogP contribution in [0.2, 0.25) is 0 Å². The fourth-order valence-corrected chi connectivity index (χ4v) is 2.77. The van der Waals surface area contributed by atoms with Crippen LogP contribution in [0.15, 0.2) is 18.2 Å². The Labute approximate surface area is 138 Å². The van der Waals surface area contributed by atoms with Crippen LogP contribution in [-0.4, -0.2) is 35.7 Å². The highest BCUT2D eigenvalue weighted by atomic mass is 19.1. The summed E-state index contributed by atoms with van der Waals surface area (Å²) in [6, 6.07) is 5.43. The van der Waals surface area contributed by atoms with Crippen LogP contribution in [0.5, 0.6) is 0 Å². The molecule has 1 amide bonds. The molecule has 1 heterocycles. The van der Waals surface area contributed by atoms with E-state index in [1.807, 2.05) is 33.8 Å². The van der Waals surface area contributed by atoms with Gasteiger partial charge in [0.05, 0.1) is 0 Å². The number of carbonyl (C=O) groups is 1. The summed E-state index contributed by atoms with van der Waals surface area (Å²) in [5, 5.41) is 3.45. The molecule has 4 nitrogen and oxygen atoms in total. The fraction of sp³-hybridized carbons (Fsp3) is 0.611. The average molecular weight is 322 g/mol. The molecule has 23 heavy (non-hydrogen) atoms. The summed E-state index contributed by atoms with van der Waals surface area (Å²) >= 11 is 0. The minimum atomic E-state index is -0.457. The van der Waals surface area contributed by atoms with Gasteiger partial charge in [0.25, 0.3) is 0 Å². The molecule has 1 N–H and O–H groups in total. The first kappa shape index (κ1) is 17.7. The van der Waals surface area contributed by atoms with Crippen molar-refractivity contribution in [2.45, 2.75) is 58.7 Å². The van der Waals surface area contributed by atoms with Crippen molar-refractivity contribution in [2.75, 3.05) is 13.1 Å². The number of hydrogen-bond donors (Lipinski definition) is 1. The second-order valence-corrected chi connectivity index (χ2v) is 7.26. The summed E-state index contributed by atoms with van der Waals surface area (Å²) in [6.07, 6.45) is 1.53. The zero-order valence-electron chi connectivity index (χ0n) is 14.5. The van der Waals surface area contributed by atoms with Gasteiger partial charge in [-0.25, -0.2) is 9.18 Å². The molecule has 1 saturated heterocycles. The Morgan fingerprint density at radius 2 is 1.96 bits per heavy atom. The quantitative estimate of drug-likeness (QED) is 0.924. The van der Waals surface area contributed by atoms with E-state index in [2.05, 4.69) is 5.32 Å². The molecular weight excluding hydrogens is 295 g/mol. The predicted octanol–water partition coefficient (Wildman–Crippen LogP) is 3.62. The fourth-order valence-electron chi connectivity index (χ4n) is 2.77. The molecule has 0 radical (unpaired) electrons. The maximum Gasteiger partial charge on any atom is 0.410 e. The van der Waals surface area contributed by atoms with Gasteiger partial charge >= 0.3 is 6.09 Å². The minimum Gasteiger partial charge on any atom is -0.444 e. The zero-order chi connectivity index (χ0) is 17.0. The average Bonchev–Trinajstić information content (AvgIpc) is 2.43. The van der Waals surface area contributed by atoms with Crippen LogP contribution in [0.4, 0.5) is 9.18 Å². The number of carbonyl (C=O) groups excluding carboxylic acids is 1. The molecule has 0 saturated carbocycles. The van der Waals surface area contributed by atoms with Gasteiger partial charge in [-0.3, -0.25) is 0 Å². The first-order valence-electron chi connectivity index (χ1n) is 8.20. The summed E-state index contributed by atoms with van der Waals surface area (Å²) in [5.74, 6) is -0.193. The number of benzene rings is 1. The van der Waals surface area contributed by atoms with E-state index < -0.39 is 5.60 Å². The van der Waals surface area contributed by atoms with E-state index in [1.165, 1.54) is 6.07 Å². The smallest absolute Gasteiger partial charge is 0.410 e. The van der Waals surface area contributed by atoms with E-state index in [0.29, 0.717) is 25.7 Å². The number of hydrogen-bond acceptors (Lipinski definition) is 3. The van der Waals surface area contributed by atoms with Gasteiger partial charge in [0, 0.05) is 25.7 Å². The lowest BCUT2D eigenvalue weighted by Gasteiger charge is -2.33. The summed E-state index contributed by atoms with van der Waals surface area (Å²) in [5.41, 5.74) is 1.43. The highest BCUT2D eigenvalue weighted by molar-refractivity contribution is 5.68. The monoisotopic (exact) mass is 322 g/mol. The molecule has 0 aromatic heterocycles. The highest BCUT2D eigenvalue weighted by Gasteiger charge is 2.26. The number of rotatable bonds is 3. The van der Waals surface area contributed by atoms with Crippen LogP contribution >= 0.6 is 0 Å². The molecule has 0 spiro atoms. The van der Waals surface area contributed by atoms with E-state index in [9.17, 15) is 9.18 Å². The zero-order valence-corrected chi connectivity index (χ0v) is 14.5. The first-order valence-corrected chi connectivity index (χ1v) is 8.20. The van der Waals surface area contributed by atoms with E-state index in [-0.39, 0.29) is 11.9 Å². The Bertz CT molecular complexity index is 526. The third kappa shape index (κ3) is 5.82. The molecule has 1 fully saturated rings. The third-order valence-electron chi connectivity index (χ3n) is 3.84. The van der Waals surface area contributed by atoms with Gasteiger partial charge in [0.15, 0.2) is 0 Å². The molecule has 5 heteroatoms. The maximum atomic E-state index is 13.4. The predicted molar refractivity (Wildman–Crippen MR) is 88.8 cm³/mol. The lowest BCUT2D eigenvalue weighted by Crippen LogP contribution is -2.46. The van der Waals surface area contributed by atoms with E-state index >= 15 is 0 Å². The van der Waals surface area contributed by atoms with E-state index in [0.717, 1.165) is 24.0 Å². The van der Waals surface area contributed by atoms with Crippen LogP contribution in [0, 0.1) is 12.7 Å². The SMILES string of the molecule is Cc1cc(F)cc(CNC2CCN(C(=O)OC(C)(C)C)CC2)c1. The maximum absolute atomic E-state index is 13.4. The Morgan fingerprint density at radius 3 is 2.52 bits per heavy atom. The number of aryl methyl sites for hydroxylation is 1. The second kappa shape index (κ2) is 7.30. The Kier molecular flexibility index (Phi) is 5.63. The summed E-state index contributed by atoms with van der Waals surface area (Å²) < 4.78 is 18.8. The number of halogens is 1. The number of piperidine rings is 1. The van der Waals surface area contributed by atoms with Crippen LogP contribution in [0.1, 0.15) is 44.7 Å². The van der Waals surface area contributed by atoms with E-state index in [1.54, 1.807) is 11.0 Å². The molecule has 128 valence electrons. The Balaban J connectivity index is 1.77. The van der Waals surface area contributed by atoms with Crippen LogP contribution in [0.25, 0.3) is 0 Å². The molecule has 1 aliphatic heterocycles. The first-order chi connectivity index (χ1) is 10.7. The van der Waals surface area contributed by atoms with Gasteiger partial charge in [-0.15, -0.1) is 0 Å². The van der Waals surface area contributed by atoms with Gasteiger partial charge < -0.3 is 15.0 Å². The van der Waals surface area contributed by atoms with Gasteiger partial charge in [-0.2, -0.15) is 0 Å². The normalized spacial score (nSPS) is 16.5. The van der Waals surface area contributed by atoms with Crippen molar-refractivity contribution in [3.05, 3.63) is 35.1 Å². The molecule has 1 aromatic rings. The summed E-state index contributed by atoms with van der Waals surface area (Å²) in [7, 11) is 0. The number of nitrogens with zero attached hydrogens (tertiary/aromatic N) is 1. The number of ether oxygens (including phenoxy) is 1. The van der Waals surface area contributed by atoms with Crippen molar-refractivity contribution in [3.63, 3.8) is 0 Å². The Hall–Kier alpha value is -1.62. The van der Waals surface area contributed by atoms with Crippen molar-refractivity contribution < 1.29 is 13.9 Å². The molecule has 2 rings (SSSR count). The van der Waals surface area contributed by atoms with Crippen molar-refractivity contribution in [1.82, 2.24) is 10.2 Å². The summed E-state index contributed by atoms with van der Waals surface area (Å²) in [4.78, 5) is 13.8. The van der Waals surface area contributed by atoms with Crippen LogP contribution in [-0.2, 0) is 11.3 Å². The lowest BCUT2D eigenvalue weighted by molar-refractivity contribution is 0.0198. The number of nitrogens with one attached hydrogen (secondary N) is 1. The number of likely N-dealkylation sites (tertiary alicyclic amines) is 1. The molecule has 0 bridgehead atoms. The molecular formula is C18H27FN2O2. The third-order valence-corrected chi connectivity index (χ3v) is 3.84. The summed E-state index contributed by atoms with van der Waals surface area (Å²) in [6.45, 7) is 9.55. The van der Waals surface area contributed by atoms with Crippen molar-refractivity contribution in [2.24, 2.45) is 0 Å².